The Labute approximate surface area is 131 Å². The molecular weight excluding hydrogens is 306 g/mol. The molecule has 1 aliphatic heterocycles. The number of rotatable bonds is 6. The molecule has 1 saturated heterocycles. The van der Waals surface area contributed by atoms with Gasteiger partial charge in [0.1, 0.15) is 0 Å². The van der Waals surface area contributed by atoms with Crippen molar-refractivity contribution in [3.05, 3.63) is 18.0 Å². The van der Waals surface area contributed by atoms with Crippen LogP contribution in [0.5, 0.6) is 0 Å². The van der Waals surface area contributed by atoms with Crippen LogP contribution in [0.2, 0.25) is 0 Å². The third-order valence-corrected chi connectivity index (χ3v) is 6.27. The highest BCUT2D eigenvalue weighted by atomic mass is 32.2. The third-order valence-electron chi connectivity index (χ3n) is 3.57. The zero-order valence-electron chi connectivity index (χ0n) is 12.9. The predicted molar refractivity (Wildman–Crippen MR) is 88.1 cm³/mol. The summed E-state index contributed by atoms with van der Waals surface area (Å²) >= 11 is 1.82. The monoisotopic (exact) mass is 331 g/mol. The summed E-state index contributed by atoms with van der Waals surface area (Å²) in [4.78, 5) is 0.362. The summed E-state index contributed by atoms with van der Waals surface area (Å²) in [6.45, 7) is 4.81. The summed E-state index contributed by atoms with van der Waals surface area (Å²) in [5, 5.41) is 3.31. The Morgan fingerprint density at radius 2 is 2.24 bits per heavy atom. The van der Waals surface area contributed by atoms with Crippen molar-refractivity contribution in [2.45, 2.75) is 50.2 Å². The molecule has 2 heterocycles. The van der Waals surface area contributed by atoms with Gasteiger partial charge in [-0.2, -0.15) is 11.8 Å². The van der Waals surface area contributed by atoms with E-state index in [0.717, 1.165) is 30.0 Å². The van der Waals surface area contributed by atoms with Crippen LogP contribution in [0.1, 0.15) is 32.4 Å². The van der Waals surface area contributed by atoms with Crippen LogP contribution in [0.15, 0.2) is 17.2 Å². The molecule has 0 aromatic carbocycles. The highest BCUT2D eigenvalue weighted by molar-refractivity contribution is 7.99. The van der Waals surface area contributed by atoms with Gasteiger partial charge in [0.15, 0.2) is 0 Å². The average Bonchev–Trinajstić information content (AvgIpc) is 2.79. The lowest BCUT2D eigenvalue weighted by Gasteiger charge is -2.21. The first-order chi connectivity index (χ1) is 9.88. The summed E-state index contributed by atoms with van der Waals surface area (Å²) in [6, 6.07) is 2.19. The molecule has 0 amide bonds. The van der Waals surface area contributed by atoms with Crippen LogP contribution in [0.3, 0.4) is 0 Å². The normalized spacial score (nSPS) is 20.1. The van der Waals surface area contributed by atoms with E-state index in [-0.39, 0.29) is 6.04 Å². The Bertz CT molecular complexity index is 561. The average molecular weight is 332 g/mol. The standard InChI is InChI=1S/C14H25N3O2S2/c1-11(2)15-8-13-7-14(9-17(13)3)21(18,19)16-12-5-4-6-20-10-12/h7,9,11-12,15-16H,4-6,8,10H2,1-3H3. The van der Waals surface area contributed by atoms with Crippen molar-refractivity contribution in [1.82, 2.24) is 14.6 Å². The highest BCUT2D eigenvalue weighted by Gasteiger charge is 2.23. The molecular formula is C14H25N3O2S2. The van der Waals surface area contributed by atoms with Crippen molar-refractivity contribution in [1.29, 1.82) is 0 Å². The van der Waals surface area contributed by atoms with Gasteiger partial charge in [-0.1, -0.05) is 13.8 Å². The zero-order valence-corrected chi connectivity index (χ0v) is 14.6. The van der Waals surface area contributed by atoms with Crippen LogP contribution >= 0.6 is 11.8 Å². The number of thioether (sulfide) groups is 1. The van der Waals surface area contributed by atoms with E-state index in [1.54, 1.807) is 12.3 Å². The molecule has 1 aromatic heterocycles. The first-order valence-electron chi connectivity index (χ1n) is 7.37. The fourth-order valence-corrected chi connectivity index (χ4v) is 4.87. The van der Waals surface area contributed by atoms with Gasteiger partial charge in [-0.25, -0.2) is 13.1 Å². The molecule has 0 saturated carbocycles. The number of sulfonamides is 1. The number of nitrogens with one attached hydrogen (secondary N) is 2. The molecule has 1 aromatic rings. The fraction of sp³-hybridized carbons (Fsp3) is 0.714. The van der Waals surface area contributed by atoms with Crippen LogP contribution in [-0.4, -0.2) is 36.6 Å². The predicted octanol–water partition coefficient (Wildman–Crippen LogP) is 1.70. The smallest absolute Gasteiger partial charge is 0.242 e. The maximum atomic E-state index is 12.4. The van der Waals surface area contributed by atoms with Gasteiger partial charge in [0.25, 0.3) is 0 Å². The number of aryl methyl sites for hydroxylation is 1. The molecule has 0 aliphatic carbocycles. The Morgan fingerprint density at radius 1 is 1.48 bits per heavy atom. The number of hydrogen-bond donors (Lipinski definition) is 2. The molecule has 1 unspecified atom stereocenters. The van der Waals surface area contributed by atoms with E-state index in [4.69, 9.17) is 0 Å². The van der Waals surface area contributed by atoms with Crippen molar-refractivity contribution >= 4 is 21.8 Å². The first kappa shape index (κ1) is 16.9. The van der Waals surface area contributed by atoms with Gasteiger partial charge in [-0.05, 0) is 24.7 Å². The molecule has 2 rings (SSSR count). The molecule has 0 bridgehead atoms. The van der Waals surface area contributed by atoms with E-state index in [1.165, 1.54) is 0 Å². The van der Waals surface area contributed by atoms with E-state index in [9.17, 15) is 8.42 Å². The molecule has 5 nitrogen and oxygen atoms in total. The van der Waals surface area contributed by atoms with Gasteiger partial charge < -0.3 is 9.88 Å². The second-order valence-corrected chi connectivity index (χ2v) is 8.71. The molecule has 120 valence electrons. The minimum absolute atomic E-state index is 0.0613. The Morgan fingerprint density at radius 3 is 2.86 bits per heavy atom. The minimum atomic E-state index is -3.41. The molecule has 0 spiro atoms. The van der Waals surface area contributed by atoms with Crippen LogP contribution in [-0.2, 0) is 23.6 Å². The highest BCUT2D eigenvalue weighted by Crippen LogP contribution is 2.20. The molecule has 1 aliphatic rings. The maximum Gasteiger partial charge on any atom is 0.242 e. The second-order valence-electron chi connectivity index (χ2n) is 5.85. The Balaban J connectivity index is 2.07. The van der Waals surface area contributed by atoms with Crippen LogP contribution < -0.4 is 10.0 Å². The quantitative estimate of drug-likeness (QED) is 0.833. The van der Waals surface area contributed by atoms with Crippen molar-refractivity contribution in [3.8, 4) is 0 Å². The summed E-state index contributed by atoms with van der Waals surface area (Å²) in [5.41, 5.74) is 0.974. The largest absolute Gasteiger partial charge is 0.352 e. The van der Waals surface area contributed by atoms with Gasteiger partial charge in [-0.15, -0.1) is 0 Å². The lowest BCUT2D eigenvalue weighted by atomic mass is 10.2. The van der Waals surface area contributed by atoms with E-state index < -0.39 is 10.0 Å². The van der Waals surface area contributed by atoms with Crippen LogP contribution in [0, 0.1) is 0 Å². The van der Waals surface area contributed by atoms with E-state index in [2.05, 4.69) is 23.9 Å². The minimum Gasteiger partial charge on any atom is -0.352 e. The number of aromatic nitrogens is 1. The zero-order chi connectivity index (χ0) is 15.5. The van der Waals surface area contributed by atoms with Crippen molar-refractivity contribution < 1.29 is 8.42 Å². The van der Waals surface area contributed by atoms with Crippen LogP contribution in [0.25, 0.3) is 0 Å². The van der Waals surface area contributed by atoms with Crippen LogP contribution in [0.4, 0.5) is 0 Å². The number of nitrogens with zero attached hydrogens (tertiary/aromatic N) is 1. The van der Waals surface area contributed by atoms with Gasteiger partial charge in [0.2, 0.25) is 10.0 Å². The van der Waals surface area contributed by atoms with E-state index in [1.807, 2.05) is 23.4 Å². The fourth-order valence-electron chi connectivity index (χ4n) is 2.33. The summed E-state index contributed by atoms with van der Waals surface area (Å²) in [5.74, 6) is 2.00. The Kier molecular flexibility index (Phi) is 5.76. The summed E-state index contributed by atoms with van der Waals surface area (Å²) in [6.07, 6.45) is 3.70. The lowest BCUT2D eigenvalue weighted by molar-refractivity contribution is 0.543. The summed E-state index contributed by atoms with van der Waals surface area (Å²) < 4.78 is 29.6. The number of hydrogen-bond acceptors (Lipinski definition) is 4. The Hall–Kier alpha value is -0.500. The molecule has 2 N–H and O–H groups in total. The van der Waals surface area contributed by atoms with Crippen molar-refractivity contribution in [3.63, 3.8) is 0 Å². The summed E-state index contributed by atoms with van der Waals surface area (Å²) in [7, 11) is -1.53. The van der Waals surface area contributed by atoms with Crippen molar-refractivity contribution in [2.24, 2.45) is 7.05 Å². The van der Waals surface area contributed by atoms with Gasteiger partial charge >= 0.3 is 0 Å². The third kappa shape index (κ3) is 4.74. The maximum absolute atomic E-state index is 12.4. The van der Waals surface area contributed by atoms with Gasteiger partial charge in [0.05, 0.1) is 4.90 Å². The first-order valence-corrected chi connectivity index (χ1v) is 10.0. The molecule has 0 radical (unpaired) electrons. The molecule has 7 heteroatoms. The molecule has 21 heavy (non-hydrogen) atoms. The SMILES string of the molecule is CC(C)NCc1cc(S(=O)(=O)NC2CCCSC2)cn1C. The van der Waals surface area contributed by atoms with E-state index >= 15 is 0 Å². The molecule has 1 atom stereocenters. The second kappa shape index (κ2) is 7.17. The van der Waals surface area contributed by atoms with Crippen molar-refractivity contribution in [2.75, 3.05) is 11.5 Å². The van der Waals surface area contributed by atoms with Gasteiger partial charge in [0, 0.05) is 43.3 Å². The lowest BCUT2D eigenvalue weighted by Crippen LogP contribution is -2.38. The van der Waals surface area contributed by atoms with Gasteiger partial charge in [-0.3, -0.25) is 0 Å². The molecule has 1 fully saturated rings. The van der Waals surface area contributed by atoms with E-state index in [0.29, 0.717) is 17.5 Å². The topological polar surface area (TPSA) is 63.1 Å².